The summed E-state index contributed by atoms with van der Waals surface area (Å²) in [5.74, 6) is 0.780. The fourth-order valence-electron chi connectivity index (χ4n) is 2.78. The van der Waals surface area contributed by atoms with Crippen LogP contribution in [0.3, 0.4) is 0 Å². The monoisotopic (exact) mass is 338 g/mol. The van der Waals surface area contributed by atoms with E-state index in [0.29, 0.717) is 18.4 Å². The van der Waals surface area contributed by atoms with E-state index in [0.717, 1.165) is 30.5 Å². The number of amides is 1. The van der Waals surface area contributed by atoms with Crippen molar-refractivity contribution in [2.75, 3.05) is 13.1 Å². The number of likely N-dealkylation sites (tertiary alicyclic amines) is 1. The van der Waals surface area contributed by atoms with Crippen LogP contribution in [-0.4, -0.2) is 29.9 Å². The van der Waals surface area contributed by atoms with Gasteiger partial charge in [-0.05, 0) is 24.0 Å². The van der Waals surface area contributed by atoms with E-state index in [-0.39, 0.29) is 5.91 Å². The minimum Gasteiger partial charge on any atom is -0.342 e. The van der Waals surface area contributed by atoms with Crippen LogP contribution in [0.2, 0.25) is 0 Å². The molecule has 0 saturated carbocycles. The van der Waals surface area contributed by atoms with E-state index in [1.54, 1.807) is 0 Å². The van der Waals surface area contributed by atoms with E-state index in [1.165, 1.54) is 5.56 Å². The fourth-order valence-corrected chi connectivity index (χ4v) is 3.21. The Morgan fingerprint density at radius 3 is 2.85 bits per heavy atom. The molecule has 1 aromatic rings. The molecule has 0 radical (unpaired) electrons. The average Bonchev–Trinajstić information content (AvgIpc) is 2.46. The highest BCUT2D eigenvalue weighted by Crippen LogP contribution is 2.20. The molecule has 4 heteroatoms. The first-order valence-corrected chi connectivity index (χ1v) is 8.15. The molecule has 1 heterocycles. The van der Waals surface area contributed by atoms with Crippen LogP contribution in [0.25, 0.3) is 0 Å². The molecule has 1 fully saturated rings. The van der Waals surface area contributed by atoms with Crippen LogP contribution in [0.1, 0.15) is 32.3 Å². The molecule has 0 spiro atoms. The number of benzene rings is 1. The predicted molar refractivity (Wildman–Crippen MR) is 85.4 cm³/mol. The second-order valence-electron chi connectivity index (χ2n) is 5.54. The Kier molecular flexibility index (Phi) is 5.61. The number of hydrogen-bond donors (Lipinski definition) is 1. The lowest BCUT2D eigenvalue weighted by molar-refractivity contribution is -0.132. The maximum absolute atomic E-state index is 11.7. The Morgan fingerprint density at radius 1 is 1.45 bits per heavy atom. The first-order valence-electron chi connectivity index (χ1n) is 7.36. The largest absolute Gasteiger partial charge is 0.342 e. The second kappa shape index (κ2) is 7.23. The maximum Gasteiger partial charge on any atom is 0.222 e. The first-order chi connectivity index (χ1) is 9.61. The van der Waals surface area contributed by atoms with E-state index >= 15 is 0 Å². The summed E-state index contributed by atoms with van der Waals surface area (Å²) in [6.45, 7) is 6.79. The average molecular weight is 339 g/mol. The van der Waals surface area contributed by atoms with Gasteiger partial charge in [0.05, 0.1) is 0 Å². The van der Waals surface area contributed by atoms with Crippen molar-refractivity contribution in [1.82, 2.24) is 10.2 Å². The van der Waals surface area contributed by atoms with Crippen molar-refractivity contribution in [2.24, 2.45) is 5.92 Å². The number of rotatable bonds is 4. The summed E-state index contributed by atoms with van der Waals surface area (Å²) in [4.78, 5) is 13.7. The van der Waals surface area contributed by atoms with E-state index in [9.17, 15) is 4.79 Å². The highest BCUT2D eigenvalue weighted by atomic mass is 79.9. The fraction of sp³-hybridized carbons (Fsp3) is 0.562. The van der Waals surface area contributed by atoms with Crippen molar-refractivity contribution in [3.63, 3.8) is 0 Å². The van der Waals surface area contributed by atoms with Crippen molar-refractivity contribution < 1.29 is 4.79 Å². The van der Waals surface area contributed by atoms with Crippen LogP contribution in [0.5, 0.6) is 0 Å². The quantitative estimate of drug-likeness (QED) is 0.914. The summed E-state index contributed by atoms with van der Waals surface area (Å²) in [5, 5.41) is 3.64. The second-order valence-corrected chi connectivity index (χ2v) is 6.39. The zero-order valence-corrected chi connectivity index (χ0v) is 13.8. The Balaban J connectivity index is 1.86. The van der Waals surface area contributed by atoms with Gasteiger partial charge in [-0.25, -0.2) is 0 Å². The van der Waals surface area contributed by atoms with Gasteiger partial charge in [-0.3, -0.25) is 4.79 Å². The smallest absolute Gasteiger partial charge is 0.222 e. The van der Waals surface area contributed by atoms with Gasteiger partial charge in [-0.15, -0.1) is 0 Å². The Morgan fingerprint density at radius 2 is 2.20 bits per heavy atom. The number of halogens is 1. The molecule has 110 valence electrons. The van der Waals surface area contributed by atoms with Crippen LogP contribution in [-0.2, 0) is 11.3 Å². The Labute approximate surface area is 129 Å². The Hall–Kier alpha value is -0.870. The van der Waals surface area contributed by atoms with Gasteiger partial charge in [-0.1, -0.05) is 48.0 Å². The number of piperidine rings is 1. The highest BCUT2D eigenvalue weighted by molar-refractivity contribution is 9.10. The van der Waals surface area contributed by atoms with E-state index < -0.39 is 0 Å². The van der Waals surface area contributed by atoms with E-state index in [4.69, 9.17) is 0 Å². The minimum atomic E-state index is 0.279. The molecule has 2 atom stereocenters. The van der Waals surface area contributed by atoms with E-state index in [1.807, 2.05) is 17.9 Å². The zero-order chi connectivity index (χ0) is 14.5. The van der Waals surface area contributed by atoms with Crippen molar-refractivity contribution in [1.29, 1.82) is 0 Å². The first kappa shape index (κ1) is 15.5. The minimum absolute atomic E-state index is 0.279. The summed E-state index contributed by atoms with van der Waals surface area (Å²) in [7, 11) is 0. The number of carbonyl (C=O) groups excluding carboxylic acids is 1. The van der Waals surface area contributed by atoms with Gasteiger partial charge in [0.15, 0.2) is 0 Å². The van der Waals surface area contributed by atoms with Gasteiger partial charge in [0, 0.05) is 36.6 Å². The number of carbonyl (C=O) groups is 1. The molecule has 0 aromatic heterocycles. The van der Waals surface area contributed by atoms with Crippen LogP contribution in [0.15, 0.2) is 28.7 Å². The molecule has 1 N–H and O–H groups in total. The van der Waals surface area contributed by atoms with Crippen LogP contribution < -0.4 is 5.32 Å². The molecule has 3 nitrogen and oxygen atoms in total. The molecular weight excluding hydrogens is 316 g/mol. The lowest BCUT2D eigenvalue weighted by Gasteiger charge is -2.37. The van der Waals surface area contributed by atoms with Gasteiger partial charge in [0.25, 0.3) is 0 Å². The van der Waals surface area contributed by atoms with Gasteiger partial charge >= 0.3 is 0 Å². The molecule has 0 unspecified atom stereocenters. The summed E-state index contributed by atoms with van der Waals surface area (Å²) < 4.78 is 1.15. The molecule has 1 aromatic carbocycles. The molecule has 1 aliphatic heterocycles. The molecule has 1 aliphatic rings. The van der Waals surface area contributed by atoms with Gasteiger partial charge in [0.1, 0.15) is 0 Å². The van der Waals surface area contributed by atoms with Crippen LogP contribution in [0.4, 0.5) is 0 Å². The number of hydrogen-bond acceptors (Lipinski definition) is 2. The molecule has 2 rings (SSSR count). The molecule has 20 heavy (non-hydrogen) atoms. The van der Waals surface area contributed by atoms with E-state index in [2.05, 4.69) is 46.4 Å². The SMILES string of the molecule is CCC(=O)N1CC[C@H](NCc2ccccc2Br)[C@@H](C)C1. The summed E-state index contributed by atoms with van der Waals surface area (Å²) in [6.07, 6.45) is 1.65. The molecule has 1 amide bonds. The normalized spacial score (nSPS) is 22.9. The Bertz CT molecular complexity index is 464. The summed E-state index contributed by atoms with van der Waals surface area (Å²) >= 11 is 3.58. The van der Waals surface area contributed by atoms with Crippen molar-refractivity contribution in [3.05, 3.63) is 34.3 Å². The van der Waals surface area contributed by atoms with Gasteiger partial charge in [-0.2, -0.15) is 0 Å². The van der Waals surface area contributed by atoms with Crippen molar-refractivity contribution in [3.8, 4) is 0 Å². The van der Waals surface area contributed by atoms with Crippen molar-refractivity contribution >= 4 is 21.8 Å². The highest BCUT2D eigenvalue weighted by Gasteiger charge is 2.27. The molecule has 0 aliphatic carbocycles. The van der Waals surface area contributed by atoms with Crippen molar-refractivity contribution in [2.45, 2.75) is 39.3 Å². The van der Waals surface area contributed by atoms with Gasteiger partial charge < -0.3 is 10.2 Å². The predicted octanol–water partition coefficient (Wildman–Crippen LogP) is 3.19. The van der Waals surface area contributed by atoms with Gasteiger partial charge in [0.2, 0.25) is 5.91 Å². The van der Waals surface area contributed by atoms with Crippen LogP contribution >= 0.6 is 15.9 Å². The third kappa shape index (κ3) is 3.83. The summed E-state index contributed by atoms with van der Waals surface area (Å²) in [6, 6.07) is 8.79. The maximum atomic E-state index is 11.7. The molecule has 0 bridgehead atoms. The lowest BCUT2D eigenvalue weighted by atomic mass is 9.93. The topological polar surface area (TPSA) is 32.3 Å². The molecular formula is C16H23BrN2O. The standard InChI is InChI=1S/C16H23BrN2O/c1-3-16(20)19-9-8-15(12(2)11-19)18-10-13-6-4-5-7-14(13)17/h4-7,12,15,18H,3,8-11H2,1-2H3/t12-,15-/m0/s1. The molecule has 1 saturated heterocycles. The lowest BCUT2D eigenvalue weighted by Crippen LogP contribution is -2.49. The third-order valence-electron chi connectivity index (χ3n) is 4.07. The third-order valence-corrected chi connectivity index (χ3v) is 4.85. The summed E-state index contributed by atoms with van der Waals surface area (Å²) in [5.41, 5.74) is 1.28. The number of nitrogens with one attached hydrogen (secondary N) is 1. The zero-order valence-electron chi connectivity index (χ0n) is 12.2. The number of nitrogens with zero attached hydrogens (tertiary/aromatic N) is 1. The van der Waals surface area contributed by atoms with Crippen LogP contribution in [0, 0.1) is 5.92 Å².